The maximum Gasteiger partial charge on any atom is 0.337 e. The van der Waals surface area contributed by atoms with Gasteiger partial charge in [-0.1, -0.05) is 18.2 Å². The minimum absolute atomic E-state index is 0.137. The molecule has 1 saturated heterocycles. The Bertz CT molecular complexity index is 1830. The van der Waals surface area contributed by atoms with Crippen LogP contribution in [0, 0.1) is 18.6 Å². The molecule has 2 aromatic heterocycles. The molecule has 2 aromatic carbocycles. The molecule has 6 bridgehead atoms. The third-order valence-corrected chi connectivity index (χ3v) is 9.14. The number of aliphatic carboxylic acids is 1. The molecule has 256 valence electrons. The van der Waals surface area contributed by atoms with Crippen LogP contribution in [0.25, 0.3) is 28.2 Å². The van der Waals surface area contributed by atoms with Crippen molar-refractivity contribution in [1.29, 1.82) is 0 Å². The molecule has 0 amide bonds. The van der Waals surface area contributed by atoms with Gasteiger partial charge in [-0.05, 0) is 85.3 Å². The fraction of sp³-hybridized carbons (Fsp3) is 0.486. The summed E-state index contributed by atoms with van der Waals surface area (Å²) in [7, 11) is 0. The molecule has 9 nitrogen and oxygen atoms in total. The van der Waals surface area contributed by atoms with Crippen LogP contribution in [0.2, 0.25) is 0 Å². The van der Waals surface area contributed by atoms with Gasteiger partial charge in [0, 0.05) is 43.6 Å². The highest BCUT2D eigenvalue weighted by Gasteiger charge is 2.37. The number of ether oxygens (including phenoxy) is 3. The number of carboxylic acids is 1. The van der Waals surface area contributed by atoms with E-state index >= 15 is 4.39 Å². The molecule has 0 aliphatic carbocycles. The van der Waals surface area contributed by atoms with E-state index in [1.54, 1.807) is 25.1 Å². The summed E-state index contributed by atoms with van der Waals surface area (Å²) in [5, 5.41) is 10.5. The summed E-state index contributed by atoms with van der Waals surface area (Å²) in [5.41, 5.74) is 1.81. The normalized spacial score (nSPS) is 21.2. The largest absolute Gasteiger partial charge is 0.490 e. The Labute approximate surface area is 279 Å². The summed E-state index contributed by atoms with van der Waals surface area (Å²) in [6.07, 6.45) is 4.11. The van der Waals surface area contributed by atoms with E-state index in [1.807, 2.05) is 44.4 Å². The van der Waals surface area contributed by atoms with Crippen molar-refractivity contribution in [3.05, 3.63) is 65.5 Å². The molecule has 4 aromatic rings. The van der Waals surface area contributed by atoms with Gasteiger partial charge in [0.25, 0.3) is 0 Å². The molecule has 0 saturated carbocycles. The van der Waals surface area contributed by atoms with Crippen LogP contribution in [0.3, 0.4) is 0 Å². The predicted molar refractivity (Wildman–Crippen MR) is 179 cm³/mol. The van der Waals surface area contributed by atoms with E-state index in [4.69, 9.17) is 24.2 Å². The van der Waals surface area contributed by atoms with Crippen molar-refractivity contribution < 1.29 is 32.9 Å². The van der Waals surface area contributed by atoms with Crippen LogP contribution < -0.4 is 9.64 Å². The van der Waals surface area contributed by atoms with Crippen LogP contribution in [0.4, 0.5) is 14.6 Å². The SMILES string of the molecule is Cc1nc2nc3cn2c(c1[C@H](OC(C)(C)C)C(=O)O)N1CCC(C)(CC1)OCCCC[C@H](C)Oc1cc(F)cc(F)c1-c1cccc-3c1. The van der Waals surface area contributed by atoms with E-state index in [2.05, 4.69) is 11.8 Å². The second kappa shape index (κ2) is 13.1. The first-order chi connectivity index (χ1) is 22.7. The molecule has 0 radical (unpaired) electrons. The Balaban J connectivity index is 1.55. The lowest BCUT2D eigenvalue weighted by atomic mass is 9.92. The van der Waals surface area contributed by atoms with Crippen molar-refractivity contribution in [3.63, 3.8) is 0 Å². The third-order valence-electron chi connectivity index (χ3n) is 9.14. The maximum atomic E-state index is 15.5. The Hall–Kier alpha value is -4.09. The number of rotatable bonds is 3. The van der Waals surface area contributed by atoms with Crippen LogP contribution in [0.5, 0.6) is 5.75 Å². The molecule has 5 heterocycles. The Morgan fingerprint density at radius 1 is 1.10 bits per heavy atom. The fourth-order valence-corrected chi connectivity index (χ4v) is 6.68. The van der Waals surface area contributed by atoms with Crippen molar-refractivity contribution in [1.82, 2.24) is 14.4 Å². The molecule has 1 N–H and O–H groups in total. The van der Waals surface area contributed by atoms with Gasteiger partial charge in [-0.25, -0.2) is 23.5 Å². The molecule has 2 atom stereocenters. The average molecular weight is 663 g/mol. The number of benzene rings is 2. The second-order valence-electron chi connectivity index (χ2n) is 14.2. The Morgan fingerprint density at radius 3 is 2.54 bits per heavy atom. The number of piperidine rings is 1. The van der Waals surface area contributed by atoms with E-state index in [9.17, 15) is 14.3 Å². The lowest BCUT2D eigenvalue weighted by molar-refractivity contribution is -0.160. The van der Waals surface area contributed by atoms with Crippen LogP contribution >= 0.6 is 0 Å². The molecule has 0 unspecified atom stereocenters. The van der Waals surface area contributed by atoms with E-state index in [0.29, 0.717) is 65.8 Å². The number of fused-ring (bicyclic) bond motifs is 8. The smallest absolute Gasteiger partial charge is 0.337 e. The van der Waals surface area contributed by atoms with Crippen LogP contribution in [-0.4, -0.2) is 62.4 Å². The van der Waals surface area contributed by atoms with Gasteiger partial charge in [-0.3, -0.25) is 4.40 Å². The summed E-state index contributed by atoms with van der Waals surface area (Å²) in [6.45, 7) is 13.1. The van der Waals surface area contributed by atoms with Gasteiger partial charge in [0.2, 0.25) is 5.78 Å². The summed E-state index contributed by atoms with van der Waals surface area (Å²) in [6, 6.07) is 9.31. The number of halogens is 2. The number of imidazole rings is 1. The maximum absolute atomic E-state index is 15.5. The van der Waals surface area contributed by atoms with Gasteiger partial charge in [-0.2, -0.15) is 0 Å². The topological polar surface area (TPSA) is 98.4 Å². The molecule has 48 heavy (non-hydrogen) atoms. The summed E-state index contributed by atoms with van der Waals surface area (Å²) >= 11 is 0. The Kier molecular flexibility index (Phi) is 9.21. The van der Waals surface area contributed by atoms with Crippen LogP contribution in [0.1, 0.15) is 84.1 Å². The number of carbonyl (C=O) groups is 1. The highest BCUT2D eigenvalue weighted by Crippen LogP contribution is 2.40. The quantitative estimate of drug-likeness (QED) is 0.236. The third kappa shape index (κ3) is 7.03. The van der Waals surface area contributed by atoms with Crippen molar-refractivity contribution in [2.75, 3.05) is 24.6 Å². The lowest BCUT2D eigenvalue weighted by Crippen LogP contribution is -2.45. The first-order valence-electron chi connectivity index (χ1n) is 16.7. The zero-order chi connectivity index (χ0) is 34.4. The monoisotopic (exact) mass is 662 g/mol. The average Bonchev–Trinajstić information content (AvgIpc) is 3.42. The molecular weight excluding hydrogens is 618 g/mol. The molecular formula is C37H44F2N4O5. The summed E-state index contributed by atoms with van der Waals surface area (Å²) in [5.74, 6) is -1.35. The summed E-state index contributed by atoms with van der Waals surface area (Å²) in [4.78, 5) is 24.6. The zero-order valence-corrected chi connectivity index (χ0v) is 28.5. The van der Waals surface area contributed by atoms with Crippen molar-refractivity contribution in [2.24, 2.45) is 0 Å². The van der Waals surface area contributed by atoms with Gasteiger partial charge < -0.3 is 24.2 Å². The van der Waals surface area contributed by atoms with Crippen molar-refractivity contribution in [3.8, 4) is 28.1 Å². The molecule has 7 rings (SSSR count). The van der Waals surface area contributed by atoms with Gasteiger partial charge in [-0.15, -0.1) is 0 Å². The first kappa shape index (κ1) is 33.8. The lowest BCUT2D eigenvalue weighted by Gasteiger charge is -2.41. The van der Waals surface area contributed by atoms with E-state index in [-0.39, 0.29) is 23.0 Å². The summed E-state index contributed by atoms with van der Waals surface area (Å²) < 4.78 is 50.6. The van der Waals surface area contributed by atoms with Crippen molar-refractivity contribution >= 4 is 17.6 Å². The first-order valence-corrected chi connectivity index (χ1v) is 16.7. The number of aromatic nitrogens is 3. The number of carboxylic acid groups (broad SMARTS) is 1. The van der Waals surface area contributed by atoms with E-state index in [1.165, 1.54) is 6.07 Å². The van der Waals surface area contributed by atoms with E-state index < -0.39 is 29.3 Å². The molecule has 0 spiro atoms. The fourth-order valence-electron chi connectivity index (χ4n) is 6.68. The highest BCUT2D eigenvalue weighted by molar-refractivity contribution is 5.79. The predicted octanol–water partition coefficient (Wildman–Crippen LogP) is 7.92. The Morgan fingerprint density at radius 2 is 1.83 bits per heavy atom. The van der Waals surface area contributed by atoms with Gasteiger partial charge in [0.1, 0.15) is 23.2 Å². The molecule has 3 aliphatic rings. The minimum atomic E-state index is -1.27. The highest BCUT2D eigenvalue weighted by atomic mass is 19.1. The van der Waals surface area contributed by atoms with Crippen molar-refractivity contribution in [2.45, 2.75) is 97.1 Å². The van der Waals surface area contributed by atoms with Gasteiger partial charge in [0.15, 0.2) is 6.10 Å². The minimum Gasteiger partial charge on any atom is -0.490 e. The number of hydrogen-bond donors (Lipinski definition) is 1. The van der Waals surface area contributed by atoms with Gasteiger partial charge >= 0.3 is 5.97 Å². The van der Waals surface area contributed by atoms with Crippen LogP contribution in [0.15, 0.2) is 42.6 Å². The molecule has 1 fully saturated rings. The van der Waals surface area contributed by atoms with E-state index in [0.717, 1.165) is 31.7 Å². The molecule has 3 aliphatic heterocycles. The number of hydrogen-bond acceptors (Lipinski definition) is 7. The molecule has 11 heteroatoms. The zero-order valence-electron chi connectivity index (χ0n) is 28.5. The number of nitrogens with zero attached hydrogens (tertiary/aromatic N) is 4. The number of aryl methyl sites for hydroxylation is 1. The standard InChI is InChI=1S/C37H44F2N4O5/c1-22-10-7-8-17-46-37(6)13-15-42(16-14-37)33-30(32(34(44)45)48-36(3,4)5)23(2)40-35-41-28(21-43(33)35)24-11-9-12-25(18-24)31-27(39)19-26(38)20-29(31)47-22/h9,11-12,18-22,32H,7-8,10,13-17H2,1-6H3,(H,44,45)/t22-,32-/m0/s1. The van der Waals surface area contributed by atoms with Gasteiger partial charge in [0.05, 0.1) is 39.8 Å². The number of anilines is 1. The van der Waals surface area contributed by atoms with Crippen LogP contribution in [-0.2, 0) is 14.3 Å². The second-order valence-corrected chi connectivity index (χ2v) is 14.2.